The SMILES string of the molecule is Cn1cnc(Nc2ncc(-c3ccc(CC(=O)Nc4cnc(F)c(C(C)(F)F)c4)cc3)cn2)c1. The second kappa shape index (κ2) is 9.30. The first kappa shape index (κ1) is 22.9. The number of imidazole rings is 1. The molecule has 4 aromatic rings. The van der Waals surface area contributed by atoms with Crippen molar-refractivity contribution in [2.24, 2.45) is 7.05 Å². The fourth-order valence-electron chi connectivity index (χ4n) is 3.16. The normalized spacial score (nSPS) is 11.3. The molecule has 0 aliphatic heterocycles. The van der Waals surface area contributed by atoms with Gasteiger partial charge in [0.25, 0.3) is 5.92 Å². The number of anilines is 3. The Balaban J connectivity index is 1.37. The summed E-state index contributed by atoms with van der Waals surface area (Å²) in [6.45, 7) is 0.565. The number of aryl methyl sites for hydroxylation is 1. The Morgan fingerprint density at radius 3 is 2.35 bits per heavy atom. The lowest BCUT2D eigenvalue weighted by Gasteiger charge is -2.13. The molecule has 8 nitrogen and oxygen atoms in total. The molecule has 34 heavy (non-hydrogen) atoms. The second-order valence-corrected chi connectivity index (χ2v) is 7.72. The zero-order valence-corrected chi connectivity index (χ0v) is 18.3. The average Bonchev–Trinajstić information content (AvgIpc) is 3.20. The largest absolute Gasteiger partial charge is 0.338 e. The van der Waals surface area contributed by atoms with Crippen LogP contribution in [-0.4, -0.2) is 30.4 Å². The zero-order chi connectivity index (χ0) is 24.3. The molecule has 0 unspecified atom stereocenters. The van der Waals surface area contributed by atoms with Gasteiger partial charge in [0.05, 0.1) is 30.2 Å². The molecule has 0 spiro atoms. The number of amides is 1. The van der Waals surface area contributed by atoms with Crippen molar-refractivity contribution in [1.29, 1.82) is 0 Å². The number of halogens is 3. The van der Waals surface area contributed by atoms with Crippen LogP contribution in [0.1, 0.15) is 18.1 Å². The van der Waals surface area contributed by atoms with Gasteiger partial charge >= 0.3 is 0 Å². The third-order valence-electron chi connectivity index (χ3n) is 4.84. The van der Waals surface area contributed by atoms with Crippen LogP contribution in [0.4, 0.5) is 30.6 Å². The lowest BCUT2D eigenvalue weighted by atomic mass is 10.0. The number of rotatable bonds is 7. The monoisotopic (exact) mass is 467 g/mol. The Bertz CT molecular complexity index is 1300. The Kier molecular flexibility index (Phi) is 6.26. The van der Waals surface area contributed by atoms with Gasteiger partial charge in [0.15, 0.2) is 5.82 Å². The van der Waals surface area contributed by atoms with E-state index in [4.69, 9.17) is 0 Å². The fraction of sp³-hybridized carbons (Fsp3) is 0.174. The molecular formula is C23H20F3N7O. The first-order valence-corrected chi connectivity index (χ1v) is 10.2. The molecule has 2 N–H and O–H groups in total. The second-order valence-electron chi connectivity index (χ2n) is 7.72. The smallest absolute Gasteiger partial charge is 0.274 e. The van der Waals surface area contributed by atoms with E-state index in [2.05, 4.69) is 30.6 Å². The molecule has 1 aromatic carbocycles. The van der Waals surface area contributed by atoms with E-state index in [0.29, 0.717) is 24.3 Å². The van der Waals surface area contributed by atoms with Crippen molar-refractivity contribution in [2.75, 3.05) is 10.6 Å². The van der Waals surface area contributed by atoms with Crippen LogP contribution in [-0.2, 0) is 24.2 Å². The van der Waals surface area contributed by atoms with E-state index in [1.807, 2.05) is 19.2 Å². The number of nitrogens with one attached hydrogen (secondary N) is 2. The van der Waals surface area contributed by atoms with Gasteiger partial charge in [0, 0.05) is 38.1 Å². The number of hydrogen-bond donors (Lipinski definition) is 2. The lowest BCUT2D eigenvalue weighted by molar-refractivity contribution is -0.115. The number of nitrogens with zero attached hydrogens (tertiary/aromatic N) is 5. The van der Waals surface area contributed by atoms with Gasteiger partial charge in [-0.3, -0.25) is 4.79 Å². The van der Waals surface area contributed by atoms with Crippen molar-refractivity contribution in [1.82, 2.24) is 24.5 Å². The number of hydrogen-bond acceptors (Lipinski definition) is 6. The Morgan fingerprint density at radius 2 is 1.74 bits per heavy atom. The summed E-state index contributed by atoms with van der Waals surface area (Å²) >= 11 is 0. The van der Waals surface area contributed by atoms with E-state index < -0.39 is 23.3 Å². The molecule has 0 aliphatic carbocycles. The van der Waals surface area contributed by atoms with E-state index in [9.17, 15) is 18.0 Å². The van der Waals surface area contributed by atoms with E-state index in [-0.39, 0.29) is 12.1 Å². The summed E-state index contributed by atoms with van der Waals surface area (Å²) < 4.78 is 42.3. The first-order valence-electron chi connectivity index (χ1n) is 10.2. The summed E-state index contributed by atoms with van der Waals surface area (Å²) in [4.78, 5) is 28.3. The molecule has 174 valence electrons. The zero-order valence-electron chi connectivity index (χ0n) is 18.3. The topological polar surface area (TPSA) is 97.6 Å². The highest BCUT2D eigenvalue weighted by Crippen LogP contribution is 2.30. The van der Waals surface area contributed by atoms with Crippen LogP contribution in [0.15, 0.2) is 61.4 Å². The summed E-state index contributed by atoms with van der Waals surface area (Å²) in [6.07, 6.45) is 7.80. The number of benzene rings is 1. The van der Waals surface area contributed by atoms with Crippen LogP contribution < -0.4 is 10.6 Å². The Labute approximate surface area is 192 Å². The number of carbonyl (C=O) groups excluding carboxylic acids is 1. The molecule has 11 heteroatoms. The fourth-order valence-corrected chi connectivity index (χ4v) is 3.16. The summed E-state index contributed by atoms with van der Waals surface area (Å²) in [5, 5.41) is 5.47. The van der Waals surface area contributed by atoms with Gasteiger partial charge in [-0.25, -0.2) is 28.7 Å². The van der Waals surface area contributed by atoms with Crippen LogP contribution in [0.2, 0.25) is 0 Å². The summed E-state index contributed by atoms with van der Waals surface area (Å²) in [5.41, 5.74) is 1.46. The van der Waals surface area contributed by atoms with Gasteiger partial charge < -0.3 is 15.2 Å². The van der Waals surface area contributed by atoms with Crippen LogP contribution in [0.5, 0.6) is 0 Å². The highest BCUT2D eigenvalue weighted by molar-refractivity contribution is 5.92. The minimum atomic E-state index is -3.41. The number of alkyl halides is 2. The van der Waals surface area contributed by atoms with E-state index in [1.165, 1.54) is 0 Å². The van der Waals surface area contributed by atoms with Gasteiger partial charge in [0.2, 0.25) is 17.8 Å². The predicted octanol–water partition coefficient (Wildman–Crippen LogP) is 4.45. The molecule has 0 aliphatic rings. The predicted molar refractivity (Wildman–Crippen MR) is 120 cm³/mol. The summed E-state index contributed by atoms with van der Waals surface area (Å²) in [7, 11) is 1.86. The van der Waals surface area contributed by atoms with Crippen molar-refractivity contribution >= 4 is 23.4 Å². The molecule has 1 amide bonds. The minimum absolute atomic E-state index is 0.00105. The quantitative estimate of drug-likeness (QED) is 0.390. The van der Waals surface area contributed by atoms with Gasteiger partial charge in [-0.2, -0.15) is 4.39 Å². The van der Waals surface area contributed by atoms with Crippen LogP contribution >= 0.6 is 0 Å². The third-order valence-corrected chi connectivity index (χ3v) is 4.84. The van der Waals surface area contributed by atoms with Gasteiger partial charge in [-0.1, -0.05) is 24.3 Å². The Morgan fingerprint density at radius 1 is 1.03 bits per heavy atom. The molecule has 0 saturated heterocycles. The van der Waals surface area contributed by atoms with Crippen molar-refractivity contribution in [3.05, 3.63) is 78.5 Å². The van der Waals surface area contributed by atoms with Gasteiger partial charge in [-0.05, 0) is 17.2 Å². The van der Waals surface area contributed by atoms with Gasteiger partial charge in [0.1, 0.15) is 0 Å². The summed E-state index contributed by atoms with van der Waals surface area (Å²) in [6, 6.07) is 8.06. The highest BCUT2D eigenvalue weighted by Gasteiger charge is 2.29. The van der Waals surface area contributed by atoms with Crippen molar-refractivity contribution < 1.29 is 18.0 Å². The van der Waals surface area contributed by atoms with Crippen molar-refractivity contribution in [3.8, 4) is 11.1 Å². The number of carbonyl (C=O) groups is 1. The van der Waals surface area contributed by atoms with Crippen molar-refractivity contribution in [3.63, 3.8) is 0 Å². The highest BCUT2D eigenvalue weighted by atomic mass is 19.3. The van der Waals surface area contributed by atoms with Crippen molar-refractivity contribution in [2.45, 2.75) is 19.3 Å². The van der Waals surface area contributed by atoms with Gasteiger partial charge in [-0.15, -0.1) is 0 Å². The Hall–Kier alpha value is -4.28. The molecule has 0 bridgehead atoms. The maximum absolute atomic E-state index is 13.5. The van der Waals surface area contributed by atoms with E-state index in [1.54, 1.807) is 41.6 Å². The maximum atomic E-state index is 13.5. The van der Waals surface area contributed by atoms with E-state index >= 15 is 0 Å². The average molecular weight is 467 g/mol. The first-order chi connectivity index (χ1) is 16.2. The van der Waals surface area contributed by atoms with Crippen LogP contribution in [0.25, 0.3) is 11.1 Å². The molecule has 3 heterocycles. The minimum Gasteiger partial charge on any atom is -0.338 e. The molecule has 4 rings (SSSR count). The maximum Gasteiger partial charge on any atom is 0.274 e. The van der Waals surface area contributed by atoms with E-state index in [0.717, 1.165) is 23.4 Å². The molecule has 0 saturated carbocycles. The number of pyridine rings is 1. The number of aromatic nitrogens is 5. The molecule has 0 atom stereocenters. The molecular weight excluding hydrogens is 447 g/mol. The molecule has 3 aromatic heterocycles. The molecule has 0 radical (unpaired) electrons. The lowest BCUT2D eigenvalue weighted by Crippen LogP contribution is -2.17. The van der Waals surface area contributed by atoms with Crippen LogP contribution in [0.3, 0.4) is 0 Å². The summed E-state index contributed by atoms with van der Waals surface area (Å²) in [5.74, 6) is -4.08. The third kappa shape index (κ3) is 5.55. The molecule has 0 fully saturated rings. The van der Waals surface area contributed by atoms with Crippen LogP contribution in [0, 0.1) is 5.95 Å². The standard InChI is InChI=1S/C23H20F3N7O/c1-23(25,26)18-8-17(11-27-21(18)24)31-20(34)7-14-3-5-15(6-4-14)16-9-28-22(29-10-16)32-19-12-33(2)13-30-19/h3-6,8-13H,7H2,1-2H3,(H,31,34)(H,28,29,32).